The standard InChI is InChI=1S/C15H15BN2O3/c1-3-9-12(8(2)16)15(6-7-15)14(21)18(9)10-4-5-11(19)17-13(10)20/h3,10H,1-2,4-7H2,(H,17,19,20). The predicted molar refractivity (Wildman–Crippen MR) is 76.8 cm³/mol. The van der Waals surface area contributed by atoms with Crippen LogP contribution >= 0.6 is 0 Å². The molecule has 106 valence electrons. The van der Waals surface area contributed by atoms with Crippen molar-refractivity contribution in [3.63, 3.8) is 0 Å². The Bertz CT molecular complexity index is 631. The van der Waals surface area contributed by atoms with E-state index in [-0.39, 0.29) is 18.2 Å². The van der Waals surface area contributed by atoms with Gasteiger partial charge in [0, 0.05) is 12.1 Å². The molecule has 3 aliphatic rings. The lowest BCUT2D eigenvalue weighted by atomic mass is 9.81. The van der Waals surface area contributed by atoms with Crippen LogP contribution in [0.15, 0.2) is 36.0 Å². The summed E-state index contributed by atoms with van der Waals surface area (Å²) in [6.45, 7) is 7.50. The molecule has 0 aromatic heterocycles. The lowest BCUT2D eigenvalue weighted by Crippen LogP contribution is -2.53. The first-order valence-electron chi connectivity index (χ1n) is 6.91. The Kier molecular flexibility index (Phi) is 2.93. The highest BCUT2D eigenvalue weighted by atomic mass is 16.2. The maximum Gasteiger partial charge on any atom is 0.249 e. The molecule has 2 radical (unpaired) electrons. The van der Waals surface area contributed by atoms with Crippen molar-refractivity contribution in [3.05, 3.63) is 36.0 Å². The molecule has 21 heavy (non-hydrogen) atoms. The van der Waals surface area contributed by atoms with Crippen molar-refractivity contribution in [2.24, 2.45) is 5.41 Å². The number of carbonyl (C=O) groups is 3. The molecule has 2 aliphatic heterocycles. The number of hydrogen-bond donors (Lipinski definition) is 1. The Morgan fingerprint density at radius 3 is 2.52 bits per heavy atom. The topological polar surface area (TPSA) is 66.5 Å². The minimum Gasteiger partial charge on any atom is -0.299 e. The van der Waals surface area contributed by atoms with Crippen LogP contribution in [0.2, 0.25) is 0 Å². The molecule has 6 heteroatoms. The molecule has 1 spiro atoms. The van der Waals surface area contributed by atoms with Crippen LogP contribution in [-0.2, 0) is 14.4 Å². The third-order valence-corrected chi connectivity index (χ3v) is 4.41. The van der Waals surface area contributed by atoms with E-state index < -0.39 is 17.4 Å². The highest BCUT2D eigenvalue weighted by Crippen LogP contribution is 2.60. The Labute approximate surface area is 124 Å². The number of nitrogens with zero attached hydrogens (tertiary/aromatic N) is 1. The number of allylic oxidation sites excluding steroid dienone is 2. The van der Waals surface area contributed by atoms with Crippen molar-refractivity contribution in [1.82, 2.24) is 10.2 Å². The van der Waals surface area contributed by atoms with E-state index in [0.29, 0.717) is 36.0 Å². The molecule has 0 aromatic rings. The number of imide groups is 1. The van der Waals surface area contributed by atoms with Gasteiger partial charge in [0.1, 0.15) is 13.9 Å². The fraction of sp³-hybridized carbons (Fsp3) is 0.400. The molecule has 3 rings (SSSR count). The molecule has 1 aliphatic carbocycles. The number of piperidine rings is 1. The molecule has 2 heterocycles. The zero-order chi connectivity index (χ0) is 15.4. The van der Waals surface area contributed by atoms with E-state index in [1.807, 2.05) is 0 Å². The first-order chi connectivity index (χ1) is 9.92. The molecule has 0 aromatic carbocycles. The van der Waals surface area contributed by atoms with E-state index >= 15 is 0 Å². The second-order valence-electron chi connectivity index (χ2n) is 5.71. The first-order valence-corrected chi connectivity index (χ1v) is 6.91. The van der Waals surface area contributed by atoms with Crippen LogP contribution < -0.4 is 5.32 Å². The molecule has 2 fully saturated rings. The Morgan fingerprint density at radius 2 is 2.05 bits per heavy atom. The van der Waals surface area contributed by atoms with Crippen LogP contribution in [0.5, 0.6) is 0 Å². The third kappa shape index (κ3) is 1.82. The van der Waals surface area contributed by atoms with Gasteiger partial charge in [-0.2, -0.15) is 0 Å². The fourth-order valence-electron chi connectivity index (χ4n) is 3.31. The van der Waals surface area contributed by atoms with Crippen LogP contribution in [0, 0.1) is 5.41 Å². The summed E-state index contributed by atoms with van der Waals surface area (Å²) in [6, 6.07) is -0.683. The predicted octanol–water partition coefficient (Wildman–Crippen LogP) is 0.536. The zero-order valence-corrected chi connectivity index (χ0v) is 11.6. The molecule has 1 atom stereocenters. The van der Waals surface area contributed by atoms with Crippen LogP contribution in [0.1, 0.15) is 25.7 Å². The number of rotatable bonds is 3. The minimum atomic E-state index is -0.683. The normalized spacial score (nSPS) is 27.1. The molecule has 1 saturated heterocycles. The average molecular weight is 282 g/mol. The lowest BCUT2D eigenvalue weighted by Gasteiger charge is -2.31. The number of carbonyl (C=O) groups excluding carboxylic acids is 3. The largest absolute Gasteiger partial charge is 0.299 e. The van der Waals surface area contributed by atoms with Gasteiger partial charge in [0.2, 0.25) is 17.7 Å². The third-order valence-electron chi connectivity index (χ3n) is 4.41. The highest BCUT2D eigenvalue weighted by molar-refractivity contribution is 6.25. The van der Waals surface area contributed by atoms with Gasteiger partial charge in [0.25, 0.3) is 0 Å². The van der Waals surface area contributed by atoms with Gasteiger partial charge >= 0.3 is 0 Å². The summed E-state index contributed by atoms with van der Waals surface area (Å²) < 4.78 is 0. The maximum absolute atomic E-state index is 12.8. The Morgan fingerprint density at radius 1 is 1.38 bits per heavy atom. The molecule has 0 bridgehead atoms. The summed E-state index contributed by atoms with van der Waals surface area (Å²) in [5.41, 5.74) is 0.953. The average Bonchev–Trinajstić information content (AvgIpc) is 3.15. The molecule has 1 unspecified atom stereocenters. The molecule has 1 saturated carbocycles. The number of amides is 3. The van der Waals surface area contributed by atoms with E-state index in [4.69, 9.17) is 7.85 Å². The quantitative estimate of drug-likeness (QED) is 0.606. The molecule has 1 N–H and O–H groups in total. The second kappa shape index (κ2) is 4.45. The molecule has 5 nitrogen and oxygen atoms in total. The van der Waals surface area contributed by atoms with Crippen LogP contribution in [0.3, 0.4) is 0 Å². The van der Waals surface area contributed by atoms with E-state index in [0.717, 1.165) is 0 Å². The Hall–Kier alpha value is -2.11. The van der Waals surface area contributed by atoms with Crippen LogP contribution in [0.4, 0.5) is 0 Å². The van der Waals surface area contributed by atoms with E-state index in [1.54, 1.807) is 6.08 Å². The van der Waals surface area contributed by atoms with Crippen molar-refractivity contribution < 1.29 is 14.4 Å². The SMILES string of the molecule is [B]C(=C)C1=C(C=C)N(C2CCC(=O)NC2=O)C(=O)C12CC2. The van der Waals surface area contributed by atoms with Gasteiger partial charge in [-0.1, -0.05) is 12.1 Å². The van der Waals surface area contributed by atoms with Crippen LogP contribution in [0.25, 0.3) is 0 Å². The first kappa shape index (κ1) is 13.9. The van der Waals surface area contributed by atoms with E-state index in [2.05, 4.69) is 18.5 Å². The summed E-state index contributed by atoms with van der Waals surface area (Å²) in [4.78, 5) is 37.6. The summed E-state index contributed by atoms with van der Waals surface area (Å²) in [7, 11) is 5.86. The van der Waals surface area contributed by atoms with Gasteiger partial charge in [-0.15, -0.1) is 6.58 Å². The van der Waals surface area contributed by atoms with E-state index in [9.17, 15) is 14.4 Å². The van der Waals surface area contributed by atoms with Gasteiger partial charge in [0.15, 0.2) is 0 Å². The van der Waals surface area contributed by atoms with Gasteiger partial charge in [-0.3, -0.25) is 24.6 Å². The van der Waals surface area contributed by atoms with Gasteiger partial charge in [-0.05, 0) is 30.9 Å². The highest BCUT2D eigenvalue weighted by Gasteiger charge is 2.61. The Balaban J connectivity index is 2.04. The van der Waals surface area contributed by atoms with Crippen molar-refractivity contribution in [2.45, 2.75) is 31.7 Å². The smallest absolute Gasteiger partial charge is 0.249 e. The zero-order valence-electron chi connectivity index (χ0n) is 11.6. The number of nitrogens with one attached hydrogen (secondary N) is 1. The van der Waals surface area contributed by atoms with Gasteiger partial charge in [-0.25, -0.2) is 0 Å². The lowest BCUT2D eigenvalue weighted by molar-refractivity contribution is -0.144. The maximum atomic E-state index is 12.8. The molecular formula is C15H15BN2O3. The van der Waals surface area contributed by atoms with Gasteiger partial charge < -0.3 is 0 Å². The van der Waals surface area contributed by atoms with Crippen molar-refractivity contribution in [3.8, 4) is 0 Å². The van der Waals surface area contributed by atoms with Crippen LogP contribution in [-0.4, -0.2) is 36.5 Å². The van der Waals surface area contributed by atoms with Crippen molar-refractivity contribution in [2.75, 3.05) is 0 Å². The summed E-state index contributed by atoms with van der Waals surface area (Å²) in [5, 5.41) is 2.28. The summed E-state index contributed by atoms with van der Waals surface area (Å²) in [5.74, 6) is -0.885. The second-order valence-corrected chi connectivity index (χ2v) is 5.71. The summed E-state index contributed by atoms with van der Waals surface area (Å²) >= 11 is 0. The monoisotopic (exact) mass is 282 g/mol. The van der Waals surface area contributed by atoms with E-state index in [1.165, 1.54) is 4.90 Å². The van der Waals surface area contributed by atoms with Gasteiger partial charge in [0.05, 0.1) is 5.41 Å². The van der Waals surface area contributed by atoms with Crippen molar-refractivity contribution >= 4 is 25.6 Å². The number of hydrogen-bond acceptors (Lipinski definition) is 3. The molecule has 3 amide bonds. The summed E-state index contributed by atoms with van der Waals surface area (Å²) in [6.07, 6.45) is 3.49. The minimum absolute atomic E-state index is 0.131. The molecular weight excluding hydrogens is 267 g/mol. The van der Waals surface area contributed by atoms with Crippen molar-refractivity contribution in [1.29, 1.82) is 0 Å². The fourth-order valence-corrected chi connectivity index (χ4v) is 3.31.